The number of benzene rings is 2. The molecule has 0 amide bonds. The lowest BCUT2D eigenvalue weighted by Gasteiger charge is -2.00. The Kier molecular flexibility index (Phi) is 6.07. The highest BCUT2D eigenvalue weighted by atomic mass is 79.9. The van der Waals surface area contributed by atoms with Crippen LogP contribution in [0.5, 0.6) is 0 Å². The van der Waals surface area contributed by atoms with E-state index in [4.69, 9.17) is 21.1 Å². The normalized spacial score (nSPS) is 11.2. The molecule has 2 aromatic carbocycles. The summed E-state index contributed by atoms with van der Waals surface area (Å²) >= 11 is 10.8. The maximum absolute atomic E-state index is 10.9. The number of nitriles is 1. The summed E-state index contributed by atoms with van der Waals surface area (Å²) in [6, 6.07) is 17.4. The molecule has 1 heterocycles. The van der Waals surface area contributed by atoms with Crippen LogP contribution in [0.2, 0.25) is 5.02 Å². The van der Waals surface area contributed by atoms with Crippen LogP contribution in [0.25, 0.3) is 11.6 Å². The highest BCUT2D eigenvalue weighted by Gasteiger charge is 2.12. The van der Waals surface area contributed by atoms with E-state index in [9.17, 15) is 10.1 Å². The molecule has 134 valence electrons. The highest BCUT2D eigenvalue weighted by molar-refractivity contribution is 9.10. The van der Waals surface area contributed by atoms with Crippen LogP contribution in [-0.4, -0.2) is 11.1 Å². The van der Waals surface area contributed by atoms with Gasteiger partial charge in [-0.25, -0.2) is 4.79 Å². The van der Waals surface area contributed by atoms with Crippen molar-refractivity contribution in [2.75, 3.05) is 0 Å². The Morgan fingerprint density at radius 3 is 2.37 bits per heavy atom. The van der Waals surface area contributed by atoms with Crippen LogP contribution in [-0.2, 0) is 0 Å². The minimum absolute atomic E-state index is 0.165. The Morgan fingerprint density at radius 1 is 1.15 bits per heavy atom. The number of aromatic carboxylic acids is 1. The number of carboxylic acid groups (broad SMARTS) is 1. The second kappa shape index (κ2) is 8.49. The minimum atomic E-state index is -1.01. The van der Waals surface area contributed by atoms with Gasteiger partial charge in [0, 0.05) is 9.92 Å². The Hall–Kier alpha value is -2.46. The Morgan fingerprint density at radius 2 is 1.78 bits per heavy atom. The van der Waals surface area contributed by atoms with Crippen LogP contribution >= 0.6 is 39.3 Å². The second-order valence-corrected chi connectivity index (χ2v) is 7.73. The van der Waals surface area contributed by atoms with Crippen molar-refractivity contribution in [1.82, 2.24) is 0 Å². The summed E-state index contributed by atoms with van der Waals surface area (Å²) in [5, 5.41) is 19.7. The summed E-state index contributed by atoms with van der Waals surface area (Å²) in [6.45, 7) is 0. The average molecular weight is 461 g/mol. The fourth-order valence-corrected chi connectivity index (χ4v) is 3.69. The molecule has 0 bridgehead atoms. The molecule has 0 saturated carbocycles. The molecule has 0 aliphatic rings. The van der Waals surface area contributed by atoms with Gasteiger partial charge in [0.05, 0.1) is 21.7 Å². The number of hydrogen-bond donors (Lipinski definition) is 1. The number of hydrogen-bond acceptors (Lipinski definition) is 4. The number of furan rings is 1. The molecule has 0 atom stereocenters. The van der Waals surface area contributed by atoms with Crippen LogP contribution in [0.15, 0.2) is 73.5 Å². The summed E-state index contributed by atoms with van der Waals surface area (Å²) in [7, 11) is 0. The van der Waals surface area contributed by atoms with Crippen molar-refractivity contribution in [1.29, 1.82) is 5.26 Å². The molecule has 0 spiro atoms. The quantitative estimate of drug-likeness (QED) is 0.434. The van der Waals surface area contributed by atoms with E-state index in [2.05, 4.69) is 22.0 Å². The number of halogens is 2. The third-order valence-corrected chi connectivity index (χ3v) is 5.65. The lowest BCUT2D eigenvalue weighted by molar-refractivity contribution is 0.0697. The van der Waals surface area contributed by atoms with Crippen LogP contribution in [0.3, 0.4) is 0 Å². The standard InChI is InChI=1S/C20H11BrClNO3S/c21-18-10-16(26-20(18)27-17-7-5-15(22)6-8-17)9-14(11-23)12-1-3-13(4-2-12)19(24)25/h1-10H,(H,24,25)/b14-9-. The predicted molar refractivity (Wildman–Crippen MR) is 109 cm³/mol. The largest absolute Gasteiger partial charge is 0.478 e. The van der Waals surface area contributed by atoms with E-state index < -0.39 is 5.97 Å². The van der Waals surface area contributed by atoms with Crippen molar-refractivity contribution >= 4 is 56.9 Å². The lowest BCUT2D eigenvalue weighted by Crippen LogP contribution is -1.95. The number of carbonyl (C=O) groups is 1. The van der Waals surface area contributed by atoms with Crippen LogP contribution < -0.4 is 0 Å². The summed E-state index contributed by atoms with van der Waals surface area (Å²) in [4.78, 5) is 11.9. The van der Waals surface area contributed by atoms with E-state index in [0.717, 1.165) is 9.37 Å². The molecule has 0 fully saturated rings. The fraction of sp³-hybridized carbons (Fsp3) is 0. The molecule has 27 heavy (non-hydrogen) atoms. The molecule has 1 N–H and O–H groups in total. The number of carboxylic acids is 1. The van der Waals surface area contributed by atoms with E-state index in [0.29, 0.717) is 27.0 Å². The van der Waals surface area contributed by atoms with Crippen molar-refractivity contribution in [3.63, 3.8) is 0 Å². The predicted octanol–water partition coefficient (Wildman–Crippen LogP) is 6.61. The zero-order valence-electron chi connectivity index (χ0n) is 13.6. The van der Waals surface area contributed by atoms with Gasteiger partial charge < -0.3 is 9.52 Å². The van der Waals surface area contributed by atoms with Crippen molar-refractivity contribution in [2.24, 2.45) is 0 Å². The third-order valence-electron chi connectivity index (χ3n) is 3.55. The van der Waals surface area contributed by atoms with E-state index >= 15 is 0 Å². The van der Waals surface area contributed by atoms with Gasteiger partial charge in [0.2, 0.25) is 0 Å². The first kappa shape index (κ1) is 19.3. The minimum Gasteiger partial charge on any atom is -0.478 e. The third kappa shape index (κ3) is 4.83. The van der Waals surface area contributed by atoms with Gasteiger partial charge in [-0.2, -0.15) is 5.26 Å². The maximum Gasteiger partial charge on any atom is 0.335 e. The van der Waals surface area contributed by atoms with E-state index in [-0.39, 0.29) is 5.56 Å². The first-order valence-electron chi connectivity index (χ1n) is 7.64. The van der Waals surface area contributed by atoms with Crippen LogP contribution in [0.1, 0.15) is 21.7 Å². The molecule has 0 radical (unpaired) electrons. The van der Waals surface area contributed by atoms with Gasteiger partial charge >= 0.3 is 5.97 Å². The van der Waals surface area contributed by atoms with Crippen molar-refractivity contribution in [3.8, 4) is 6.07 Å². The van der Waals surface area contributed by atoms with Gasteiger partial charge in [-0.1, -0.05) is 35.5 Å². The highest BCUT2D eigenvalue weighted by Crippen LogP contribution is 2.37. The first-order valence-corrected chi connectivity index (χ1v) is 9.63. The van der Waals surface area contributed by atoms with Gasteiger partial charge in [0.25, 0.3) is 0 Å². The van der Waals surface area contributed by atoms with E-state index in [1.54, 1.807) is 36.4 Å². The molecular weight excluding hydrogens is 450 g/mol. The van der Waals surface area contributed by atoms with Crippen molar-refractivity contribution in [3.05, 3.63) is 81.0 Å². The van der Waals surface area contributed by atoms with E-state index in [1.807, 2.05) is 12.1 Å². The number of rotatable bonds is 5. The molecule has 0 aliphatic heterocycles. The lowest BCUT2D eigenvalue weighted by atomic mass is 10.0. The SMILES string of the molecule is N#C/C(=C/c1cc(Br)c(Sc2ccc(Cl)cc2)o1)c1ccc(C(=O)O)cc1. The summed E-state index contributed by atoms with van der Waals surface area (Å²) in [6.07, 6.45) is 1.62. The molecule has 0 aliphatic carbocycles. The fourth-order valence-electron chi connectivity index (χ4n) is 2.23. The van der Waals surface area contributed by atoms with Gasteiger partial charge in [-0.3, -0.25) is 0 Å². The Balaban J connectivity index is 1.85. The number of nitrogens with zero attached hydrogens (tertiary/aromatic N) is 1. The molecule has 0 unspecified atom stereocenters. The Labute approximate surface area is 173 Å². The molecule has 4 nitrogen and oxygen atoms in total. The molecule has 3 aromatic rings. The second-order valence-electron chi connectivity index (χ2n) is 5.39. The van der Waals surface area contributed by atoms with Gasteiger partial charge in [-0.15, -0.1) is 0 Å². The van der Waals surface area contributed by atoms with Crippen LogP contribution in [0, 0.1) is 11.3 Å². The molecule has 0 saturated heterocycles. The molecule has 3 rings (SSSR count). The summed E-state index contributed by atoms with van der Waals surface area (Å²) in [5.74, 6) is -0.500. The summed E-state index contributed by atoms with van der Waals surface area (Å²) in [5.41, 5.74) is 1.15. The average Bonchev–Trinajstić information content (AvgIpc) is 3.01. The van der Waals surface area contributed by atoms with E-state index in [1.165, 1.54) is 23.9 Å². The molecular formula is C20H11BrClNO3S. The van der Waals surface area contributed by atoms with Gasteiger partial charge in [-0.05, 0) is 70.0 Å². The number of allylic oxidation sites excluding steroid dienone is 1. The zero-order chi connectivity index (χ0) is 19.4. The van der Waals surface area contributed by atoms with Gasteiger partial charge in [0.1, 0.15) is 5.76 Å². The topological polar surface area (TPSA) is 74.2 Å². The van der Waals surface area contributed by atoms with Crippen molar-refractivity contribution in [2.45, 2.75) is 9.99 Å². The Bertz CT molecular complexity index is 1050. The monoisotopic (exact) mass is 459 g/mol. The maximum atomic E-state index is 10.9. The molecule has 7 heteroatoms. The first-order chi connectivity index (χ1) is 13.0. The van der Waals surface area contributed by atoms with Crippen LogP contribution in [0.4, 0.5) is 0 Å². The summed E-state index contributed by atoms with van der Waals surface area (Å²) < 4.78 is 6.60. The smallest absolute Gasteiger partial charge is 0.335 e. The van der Waals surface area contributed by atoms with Gasteiger partial charge in [0.15, 0.2) is 5.09 Å². The zero-order valence-corrected chi connectivity index (χ0v) is 16.8. The molecule has 1 aromatic heterocycles. The van der Waals surface area contributed by atoms with Crippen molar-refractivity contribution < 1.29 is 14.3 Å².